The van der Waals surface area contributed by atoms with Gasteiger partial charge in [0.2, 0.25) is 0 Å². The van der Waals surface area contributed by atoms with Crippen molar-refractivity contribution in [1.82, 2.24) is 0 Å². The third kappa shape index (κ3) is 3.45. The molecule has 0 unspecified atom stereocenters. The lowest BCUT2D eigenvalue weighted by molar-refractivity contribution is -0.108. The maximum absolute atomic E-state index is 10.3. The lowest BCUT2D eigenvalue weighted by Crippen LogP contribution is -1.95. The first-order valence-electron chi connectivity index (χ1n) is 4.87. The van der Waals surface area contributed by atoms with Crippen molar-refractivity contribution in [2.45, 2.75) is 19.8 Å². The maximum atomic E-state index is 10.3. The van der Waals surface area contributed by atoms with Crippen LogP contribution in [-0.2, 0) is 4.79 Å². The monoisotopic (exact) mass is 186 g/mol. The number of hydrogen-bond acceptors (Lipinski definition) is 1. The summed E-state index contributed by atoms with van der Waals surface area (Å²) in [7, 11) is 0. The molecule has 0 aliphatic rings. The zero-order valence-corrected chi connectivity index (χ0v) is 8.36. The average Bonchev–Trinajstić information content (AvgIpc) is 2.25. The van der Waals surface area contributed by atoms with Gasteiger partial charge in [-0.15, -0.1) is 0 Å². The van der Waals surface area contributed by atoms with Crippen LogP contribution >= 0.6 is 0 Å². The van der Waals surface area contributed by atoms with Crippen LogP contribution in [-0.4, -0.2) is 6.29 Å². The molecule has 0 spiro atoms. The summed E-state index contributed by atoms with van der Waals surface area (Å²) in [5.74, 6) is 6.38. The molecule has 0 heterocycles. The number of benzene rings is 1. The van der Waals surface area contributed by atoms with Gasteiger partial charge in [-0.3, -0.25) is 0 Å². The molecule has 1 heteroatoms. The molecular weight excluding hydrogens is 172 g/mol. The predicted octanol–water partition coefficient (Wildman–Crippen LogP) is 2.65. The highest BCUT2D eigenvalue weighted by molar-refractivity contribution is 5.51. The van der Waals surface area contributed by atoms with E-state index < -0.39 is 0 Å². The first-order chi connectivity index (χ1) is 6.86. The first-order valence-corrected chi connectivity index (χ1v) is 4.87. The minimum atomic E-state index is 0.202. The van der Waals surface area contributed by atoms with Crippen LogP contribution in [0.3, 0.4) is 0 Å². The SMILES string of the molecule is CC[C@@H](C#Cc1ccccc1)CC=O. The molecule has 0 aliphatic carbocycles. The van der Waals surface area contributed by atoms with Gasteiger partial charge in [0, 0.05) is 17.9 Å². The Labute approximate surface area is 85.1 Å². The van der Waals surface area contributed by atoms with Crippen LogP contribution in [0.4, 0.5) is 0 Å². The minimum absolute atomic E-state index is 0.202. The Morgan fingerprint density at radius 1 is 1.36 bits per heavy atom. The third-order valence-corrected chi connectivity index (χ3v) is 2.07. The molecule has 1 aromatic rings. The van der Waals surface area contributed by atoms with Crippen molar-refractivity contribution in [2.24, 2.45) is 5.92 Å². The summed E-state index contributed by atoms with van der Waals surface area (Å²) < 4.78 is 0. The van der Waals surface area contributed by atoms with E-state index in [9.17, 15) is 4.79 Å². The van der Waals surface area contributed by atoms with Crippen molar-refractivity contribution in [3.63, 3.8) is 0 Å². The highest BCUT2D eigenvalue weighted by Gasteiger charge is 1.99. The van der Waals surface area contributed by atoms with Gasteiger partial charge in [0.1, 0.15) is 6.29 Å². The summed E-state index contributed by atoms with van der Waals surface area (Å²) in [4.78, 5) is 10.3. The van der Waals surface area contributed by atoms with Gasteiger partial charge in [-0.1, -0.05) is 37.0 Å². The van der Waals surface area contributed by atoms with E-state index in [0.29, 0.717) is 6.42 Å². The van der Waals surface area contributed by atoms with E-state index in [0.717, 1.165) is 18.3 Å². The number of aldehydes is 1. The van der Waals surface area contributed by atoms with E-state index in [2.05, 4.69) is 11.8 Å². The summed E-state index contributed by atoms with van der Waals surface area (Å²) in [5, 5.41) is 0. The third-order valence-electron chi connectivity index (χ3n) is 2.07. The van der Waals surface area contributed by atoms with Crippen LogP contribution < -0.4 is 0 Å². The van der Waals surface area contributed by atoms with Crippen LogP contribution in [0.2, 0.25) is 0 Å². The average molecular weight is 186 g/mol. The summed E-state index contributed by atoms with van der Waals surface area (Å²) in [6.45, 7) is 2.05. The van der Waals surface area contributed by atoms with Gasteiger partial charge in [-0.2, -0.15) is 0 Å². The number of hydrogen-bond donors (Lipinski definition) is 0. The van der Waals surface area contributed by atoms with Gasteiger partial charge in [0.15, 0.2) is 0 Å². The molecule has 0 aromatic heterocycles. The Morgan fingerprint density at radius 3 is 2.64 bits per heavy atom. The molecule has 0 amide bonds. The van der Waals surface area contributed by atoms with Crippen LogP contribution in [0.1, 0.15) is 25.3 Å². The number of carbonyl (C=O) groups is 1. The zero-order valence-electron chi connectivity index (χ0n) is 8.36. The molecule has 1 nitrogen and oxygen atoms in total. The first kappa shape index (κ1) is 10.5. The fourth-order valence-electron chi connectivity index (χ4n) is 1.15. The number of rotatable bonds is 3. The molecule has 1 rings (SSSR count). The van der Waals surface area contributed by atoms with Crippen LogP contribution in [0, 0.1) is 17.8 Å². The molecule has 14 heavy (non-hydrogen) atoms. The topological polar surface area (TPSA) is 17.1 Å². The molecule has 0 N–H and O–H groups in total. The largest absolute Gasteiger partial charge is 0.303 e. The van der Waals surface area contributed by atoms with Crippen molar-refractivity contribution in [3.8, 4) is 11.8 Å². The van der Waals surface area contributed by atoms with Gasteiger partial charge >= 0.3 is 0 Å². The van der Waals surface area contributed by atoms with Crippen LogP contribution in [0.5, 0.6) is 0 Å². The standard InChI is InChI=1S/C13H14O/c1-2-12(10-11-14)8-9-13-6-4-3-5-7-13/h3-7,11-12H,2,10H2,1H3/t12-/m0/s1. The lowest BCUT2D eigenvalue weighted by Gasteiger charge is -1.99. The van der Waals surface area contributed by atoms with E-state index >= 15 is 0 Å². The lowest BCUT2D eigenvalue weighted by atomic mass is 10.0. The molecule has 0 aliphatic heterocycles. The summed E-state index contributed by atoms with van der Waals surface area (Å²) in [6.07, 6.45) is 2.41. The molecule has 0 saturated carbocycles. The van der Waals surface area contributed by atoms with Gasteiger partial charge in [0.05, 0.1) is 0 Å². The predicted molar refractivity (Wildman–Crippen MR) is 57.8 cm³/mol. The Bertz CT molecular complexity index is 329. The van der Waals surface area contributed by atoms with Gasteiger partial charge in [0.25, 0.3) is 0 Å². The minimum Gasteiger partial charge on any atom is -0.303 e. The van der Waals surface area contributed by atoms with Crippen molar-refractivity contribution in [1.29, 1.82) is 0 Å². The molecule has 72 valence electrons. The van der Waals surface area contributed by atoms with E-state index in [-0.39, 0.29) is 5.92 Å². The Kier molecular flexibility index (Phi) is 4.50. The van der Waals surface area contributed by atoms with E-state index in [1.807, 2.05) is 37.3 Å². The zero-order chi connectivity index (χ0) is 10.2. The maximum Gasteiger partial charge on any atom is 0.121 e. The Hall–Kier alpha value is -1.55. The quantitative estimate of drug-likeness (QED) is 0.524. The molecule has 0 fully saturated rings. The summed E-state index contributed by atoms with van der Waals surface area (Å²) >= 11 is 0. The second-order valence-corrected chi connectivity index (χ2v) is 3.14. The fourth-order valence-corrected chi connectivity index (χ4v) is 1.15. The summed E-state index contributed by atoms with van der Waals surface area (Å²) in [6, 6.07) is 9.84. The Balaban J connectivity index is 2.66. The van der Waals surface area contributed by atoms with Crippen molar-refractivity contribution in [2.75, 3.05) is 0 Å². The second-order valence-electron chi connectivity index (χ2n) is 3.14. The normalized spacial score (nSPS) is 11.2. The molecule has 0 radical (unpaired) electrons. The Morgan fingerprint density at radius 2 is 2.07 bits per heavy atom. The summed E-state index contributed by atoms with van der Waals surface area (Å²) in [5.41, 5.74) is 1.01. The van der Waals surface area contributed by atoms with E-state index in [1.165, 1.54) is 0 Å². The van der Waals surface area contributed by atoms with Crippen molar-refractivity contribution in [3.05, 3.63) is 35.9 Å². The highest BCUT2D eigenvalue weighted by atomic mass is 16.1. The van der Waals surface area contributed by atoms with Crippen LogP contribution in [0.25, 0.3) is 0 Å². The van der Waals surface area contributed by atoms with Gasteiger partial charge in [-0.25, -0.2) is 0 Å². The highest BCUT2D eigenvalue weighted by Crippen LogP contribution is 2.05. The fraction of sp³-hybridized carbons (Fsp3) is 0.308. The van der Waals surface area contributed by atoms with Gasteiger partial charge in [-0.05, 0) is 18.6 Å². The molecule has 1 aromatic carbocycles. The number of carbonyl (C=O) groups excluding carboxylic acids is 1. The van der Waals surface area contributed by atoms with E-state index in [4.69, 9.17) is 0 Å². The van der Waals surface area contributed by atoms with Gasteiger partial charge < -0.3 is 4.79 Å². The smallest absolute Gasteiger partial charge is 0.121 e. The van der Waals surface area contributed by atoms with E-state index in [1.54, 1.807) is 0 Å². The molecule has 1 atom stereocenters. The van der Waals surface area contributed by atoms with Crippen molar-refractivity contribution >= 4 is 6.29 Å². The second kappa shape index (κ2) is 5.99. The molecule has 0 saturated heterocycles. The molecular formula is C13H14O. The van der Waals surface area contributed by atoms with Crippen LogP contribution in [0.15, 0.2) is 30.3 Å². The van der Waals surface area contributed by atoms with Crippen molar-refractivity contribution < 1.29 is 4.79 Å². The molecule has 0 bridgehead atoms.